The molecule has 1 atom stereocenters. The number of carbonyl (C=O) groups excluding carboxylic acids is 1. The van der Waals surface area contributed by atoms with Gasteiger partial charge >= 0.3 is 16.2 Å². The van der Waals surface area contributed by atoms with Crippen LogP contribution in [0.25, 0.3) is 0 Å². The zero-order chi connectivity index (χ0) is 28.2. The Morgan fingerprint density at radius 1 is 0.974 bits per heavy atom. The second-order valence-electron chi connectivity index (χ2n) is 9.34. The van der Waals surface area contributed by atoms with E-state index in [0.717, 1.165) is 5.56 Å². The smallest absolute Gasteiger partial charge is 0.335 e. The van der Waals surface area contributed by atoms with E-state index in [0.29, 0.717) is 35.5 Å². The molecule has 0 saturated heterocycles. The van der Waals surface area contributed by atoms with Crippen molar-refractivity contribution in [1.29, 1.82) is 0 Å². The minimum Gasteiger partial charge on any atom is -0.478 e. The summed E-state index contributed by atoms with van der Waals surface area (Å²) in [5, 5.41) is 9.39. The van der Waals surface area contributed by atoms with Gasteiger partial charge in [-0.1, -0.05) is 45.4 Å². The van der Waals surface area contributed by atoms with E-state index in [2.05, 4.69) is 4.72 Å². The number of hydrogen-bond donors (Lipinski definition) is 3. The molecule has 1 aliphatic heterocycles. The Hall–Kier alpha value is -4.25. The van der Waals surface area contributed by atoms with Crippen LogP contribution in [0.2, 0.25) is 0 Å². The highest BCUT2D eigenvalue weighted by Gasteiger charge is 2.30. The first kappa shape index (κ1) is 27.8. The summed E-state index contributed by atoms with van der Waals surface area (Å²) in [5.41, 5.74) is 2.29. The van der Waals surface area contributed by atoms with E-state index >= 15 is 0 Å². The quantitative estimate of drug-likeness (QED) is 0.308. The van der Waals surface area contributed by atoms with E-state index in [9.17, 15) is 23.1 Å². The van der Waals surface area contributed by atoms with Crippen molar-refractivity contribution >= 4 is 27.8 Å². The Bertz CT molecular complexity index is 1470. The number of nitrogens with one attached hydrogen (secondary N) is 2. The zero-order valence-corrected chi connectivity index (χ0v) is 22.6. The largest absolute Gasteiger partial charge is 0.478 e. The van der Waals surface area contributed by atoms with Gasteiger partial charge in [0, 0.05) is 5.56 Å². The summed E-state index contributed by atoms with van der Waals surface area (Å²) in [5.74, 6) is -0.649. The Kier molecular flexibility index (Phi) is 8.29. The maximum absolute atomic E-state index is 13.4. The van der Waals surface area contributed by atoms with Crippen molar-refractivity contribution in [2.75, 3.05) is 11.5 Å². The van der Waals surface area contributed by atoms with Crippen molar-refractivity contribution in [2.24, 2.45) is 0 Å². The molecular weight excluding hydrogens is 524 g/mol. The average molecular weight is 555 g/mol. The predicted molar refractivity (Wildman–Crippen MR) is 145 cm³/mol. The summed E-state index contributed by atoms with van der Waals surface area (Å²) >= 11 is 0. The number of amides is 1. The molecule has 0 bridgehead atoms. The van der Waals surface area contributed by atoms with Crippen LogP contribution < -0.4 is 23.7 Å². The van der Waals surface area contributed by atoms with Gasteiger partial charge in [-0.15, -0.1) is 0 Å². The minimum absolute atomic E-state index is 0.0156. The number of carboxylic acid groups (broad SMARTS) is 1. The molecule has 39 heavy (non-hydrogen) atoms. The second kappa shape index (κ2) is 11.6. The van der Waals surface area contributed by atoms with Crippen LogP contribution in [-0.2, 0) is 21.4 Å². The van der Waals surface area contributed by atoms with Crippen LogP contribution >= 0.6 is 0 Å². The van der Waals surface area contributed by atoms with E-state index in [1.807, 2.05) is 25.5 Å². The number of carboxylic acids is 1. The summed E-state index contributed by atoms with van der Waals surface area (Å²) < 4.78 is 47.0. The highest BCUT2D eigenvalue weighted by molar-refractivity contribution is 7.91. The van der Waals surface area contributed by atoms with Gasteiger partial charge in [0.15, 0.2) is 11.5 Å². The summed E-state index contributed by atoms with van der Waals surface area (Å²) in [7, 11) is -4.33. The molecule has 11 heteroatoms. The standard InChI is InChI=1S/C28H30N2O8S/c1-4-5-19-14-21(28(32)33)9-12-23(19)38-26(20-8-13-24-25(15-20)37-16-36-24)27(31)30-39(34,35)29-22-10-6-18(7-11-22)17(2)3/h6-15,17,26,29H,4-5,16H2,1-3H3,(H,30,31)(H,32,33). The van der Waals surface area contributed by atoms with Crippen LogP contribution in [0, 0.1) is 0 Å². The molecule has 0 saturated carbocycles. The molecule has 0 radical (unpaired) electrons. The van der Waals surface area contributed by atoms with Crippen molar-refractivity contribution < 1.29 is 37.3 Å². The number of hydrogen-bond acceptors (Lipinski definition) is 7. The number of ether oxygens (including phenoxy) is 3. The molecule has 206 valence electrons. The summed E-state index contributed by atoms with van der Waals surface area (Å²) in [6, 6.07) is 15.9. The molecule has 1 unspecified atom stereocenters. The normalized spacial score (nSPS) is 13.1. The fourth-order valence-electron chi connectivity index (χ4n) is 4.07. The van der Waals surface area contributed by atoms with Crippen molar-refractivity contribution in [3.63, 3.8) is 0 Å². The van der Waals surface area contributed by atoms with Gasteiger partial charge in [0.05, 0.1) is 11.3 Å². The summed E-state index contributed by atoms with van der Waals surface area (Å²) in [4.78, 5) is 24.9. The van der Waals surface area contributed by atoms with E-state index in [1.54, 1.807) is 42.5 Å². The lowest BCUT2D eigenvalue weighted by molar-refractivity contribution is -0.126. The number of fused-ring (bicyclic) bond motifs is 1. The van der Waals surface area contributed by atoms with Crippen molar-refractivity contribution in [1.82, 2.24) is 4.72 Å². The molecule has 3 aromatic rings. The third kappa shape index (κ3) is 6.80. The van der Waals surface area contributed by atoms with Crippen LogP contribution in [0.1, 0.15) is 66.3 Å². The summed E-state index contributed by atoms with van der Waals surface area (Å²) in [6.45, 7) is 5.99. The molecule has 3 N–H and O–H groups in total. The first-order chi connectivity index (χ1) is 18.6. The lowest BCUT2D eigenvalue weighted by Crippen LogP contribution is -2.40. The van der Waals surface area contributed by atoms with E-state index in [-0.39, 0.29) is 29.7 Å². The van der Waals surface area contributed by atoms with Gasteiger partial charge in [-0.25, -0.2) is 9.52 Å². The zero-order valence-electron chi connectivity index (χ0n) is 21.8. The summed E-state index contributed by atoms with van der Waals surface area (Å²) in [6.07, 6.45) is -0.238. The molecular formula is C28H30N2O8S. The fraction of sp³-hybridized carbons (Fsp3) is 0.286. The Morgan fingerprint density at radius 2 is 1.67 bits per heavy atom. The molecule has 0 spiro atoms. The van der Waals surface area contributed by atoms with Crippen LogP contribution in [0.3, 0.4) is 0 Å². The Balaban J connectivity index is 1.63. The van der Waals surface area contributed by atoms with Gasteiger partial charge in [-0.2, -0.15) is 8.42 Å². The van der Waals surface area contributed by atoms with Crippen molar-refractivity contribution in [2.45, 2.75) is 45.6 Å². The molecule has 1 heterocycles. The minimum atomic E-state index is -4.33. The van der Waals surface area contributed by atoms with Gasteiger partial charge in [-0.3, -0.25) is 9.52 Å². The molecule has 0 aliphatic carbocycles. The molecule has 0 fully saturated rings. The number of anilines is 1. The van der Waals surface area contributed by atoms with Gasteiger partial charge in [0.2, 0.25) is 12.9 Å². The second-order valence-corrected chi connectivity index (χ2v) is 10.8. The van der Waals surface area contributed by atoms with Gasteiger partial charge in [0.1, 0.15) is 5.75 Å². The third-order valence-corrected chi connectivity index (χ3v) is 7.05. The number of aromatic carboxylic acids is 1. The lowest BCUT2D eigenvalue weighted by Gasteiger charge is -2.22. The van der Waals surface area contributed by atoms with Crippen molar-refractivity contribution in [3.8, 4) is 17.2 Å². The number of carbonyl (C=O) groups is 2. The predicted octanol–water partition coefficient (Wildman–Crippen LogP) is 4.78. The maximum atomic E-state index is 13.4. The number of aryl methyl sites for hydroxylation is 1. The third-order valence-electron chi connectivity index (χ3n) is 6.07. The van der Waals surface area contributed by atoms with E-state index in [1.165, 1.54) is 18.2 Å². The average Bonchev–Trinajstić information content (AvgIpc) is 3.35. The van der Waals surface area contributed by atoms with Crippen LogP contribution in [0.15, 0.2) is 60.7 Å². The van der Waals surface area contributed by atoms with Gasteiger partial charge in [0.25, 0.3) is 5.91 Å². The molecule has 1 aliphatic rings. The number of rotatable bonds is 11. The molecule has 4 rings (SSSR count). The van der Waals surface area contributed by atoms with Gasteiger partial charge in [-0.05, 0) is 65.9 Å². The first-order valence-electron chi connectivity index (χ1n) is 12.4. The molecule has 0 aromatic heterocycles. The van der Waals surface area contributed by atoms with Crippen LogP contribution in [0.5, 0.6) is 17.2 Å². The van der Waals surface area contributed by atoms with E-state index in [4.69, 9.17) is 14.2 Å². The fourth-order valence-corrected chi connectivity index (χ4v) is 4.94. The topological polar surface area (TPSA) is 140 Å². The first-order valence-corrected chi connectivity index (χ1v) is 13.9. The lowest BCUT2D eigenvalue weighted by atomic mass is 10.0. The maximum Gasteiger partial charge on any atom is 0.335 e. The van der Waals surface area contributed by atoms with Crippen molar-refractivity contribution in [3.05, 3.63) is 82.9 Å². The van der Waals surface area contributed by atoms with Crippen LogP contribution in [-0.4, -0.2) is 32.2 Å². The molecule has 10 nitrogen and oxygen atoms in total. The Morgan fingerprint density at radius 3 is 2.33 bits per heavy atom. The highest BCUT2D eigenvalue weighted by Crippen LogP contribution is 2.36. The number of benzene rings is 3. The van der Waals surface area contributed by atoms with Gasteiger partial charge < -0.3 is 19.3 Å². The molecule has 1 amide bonds. The monoisotopic (exact) mass is 554 g/mol. The SMILES string of the molecule is CCCc1cc(C(=O)O)ccc1OC(C(=O)NS(=O)(=O)Nc1ccc(C(C)C)cc1)c1ccc2c(c1)OCO2. The van der Waals surface area contributed by atoms with Crippen LogP contribution in [0.4, 0.5) is 5.69 Å². The van der Waals surface area contributed by atoms with E-state index < -0.39 is 28.2 Å². The Labute approximate surface area is 227 Å². The highest BCUT2D eigenvalue weighted by atomic mass is 32.2. The molecule has 3 aromatic carbocycles.